The fourth-order valence-corrected chi connectivity index (χ4v) is 2.06. The van der Waals surface area contributed by atoms with Crippen molar-refractivity contribution < 1.29 is 14.6 Å². The van der Waals surface area contributed by atoms with Crippen molar-refractivity contribution in [1.29, 1.82) is 0 Å². The Labute approximate surface area is 107 Å². The highest BCUT2D eigenvalue weighted by Crippen LogP contribution is 2.07. The van der Waals surface area contributed by atoms with Crippen LogP contribution in [-0.2, 0) is 15.9 Å². The molecule has 1 heterocycles. The quantitative estimate of drug-likeness (QED) is 0.613. The molecule has 0 aliphatic carbocycles. The Morgan fingerprint density at radius 3 is 3.06 bits per heavy atom. The van der Waals surface area contributed by atoms with Crippen LogP contribution >= 0.6 is 11.3 Å². The lowest BCUT2D eigenvalue weighted by Crippen LogP contribution is -2.31. The molecule has 4 nitrogen and oxygen atoms in total. The molecule has 1 rings (SSSR count). The number of aliphatic hydroxyl groups is 1. The molecule has 5 heteroatoms. The Kier molecular flexibility index (Phi) is 8.21. The average Bonchev–Trinajstić information content (AvgIpc) is 2.83. The summed E-state index contributed by atoms with van der Waals surface area (Å²) in [5, 5.41) is 14.9. The maximum absolute atomic E-state index is 9.58. The van der Waals surface area contributed by atoms with E-state index in [2.05, 4.69) is 22.8 Å². The normalized spacial score (nSPS) is 12.8. The second-order valence-electron chi connectivity index (χ2n) is 3.76. The minimum atomic E-state index is -0.449. The molecule has 98 valence electrons. The Bertz CT molecular complexity index is 267. The molecular formula is C12H21NO3S. The van der Waals surface area contributed by atoms with Crippen molar-refractivity contribution >= 4 is 11.3 Å². The van der Waals surface area contributed by atoms with Crippen LogP contribution in [0.2, 0.25) is 0 Å². The molecule has 1 aromatic rings. The van der Waals surface area contributed by atoms with Gasteiger partial charge in [-0.25, -0.2) is 0 Å². The second kappa shape index (κ2) is 9.56. The molecule has 2 N–H and O–H groups in total. The fourth-order valence-electron chi connectivity index (χ4n) is 1.36. The Morgan fingerprint density at radius 1 is 1.47 bits per heavy atom. The summed E-state index contributed by atoms with van der Waals surface area (Å²) in [5.74, 6) is 0. The monoisotopic (exact) mass is 259 g/mol. The fraction of sp³-hybridized carbons (Fsp3) is 0.667. The molecule has 1 aromatic heterocycles. The van der Waals surface area contributed by atoms with Crippen LogP contribution in [0.15, 0.2) is 17.5 Å². The van der Waals surface area contributed by atoms with E-state index in [9.17, 15) is 5.11 Å². The van der Waals surface area contributed by atoms with E-state index >= 15 is 0 Å². The standard InChI is InChI=1S/C12H21NO3S/c1-15-6-7-16-10-11(14)9-13-5-4-12-3-2-8-17-12/h2-3,8,11,13-14H,4-7,9-10H2,1H3. The van der Waals surface area contributed by atoms with Gasteiger partial charge in [0.05, 0.1) is 25.9 Å². The highest BCUT2D eigenvalue weighted by atomic mass is 32.1. The molecule has 1 unspecified atom stereocenters. The molecule has 0 saturated carbocycles. The summed E-state index contributed by atoms with van der Waals surface area (Å²) in [5.41, 5.74) is 0. The summed E-state index contributed by atoms with van der Waals surface area (Å²) in [7, 11) is 1.63. The van der Waals surface area contributed by atoms with Gasteiger partial charge >= 0.3 is 0 Å². The molecule has 0 aliphatic rings. The van der Waals surface area contributed by atoms with Crippen LogP contribution in [0.4, 0.5) is 0 Å². The van der Waals surface area contributed by atoms with E-state index in [0.29, 0.717) is 26.4 Å². The molecule has 0 spiro atoms. The van der Waals surface area contributed by atoms with Gasteiger partial charge in [0.15, 0.2) is 0 Å². The molecule has 17 heavy (non-hydrogen) atoms. The predicted molar refractivity (Wildman–Crippen MR) is 69.6 cm³/mol. The number of hydrogen-bond donors (Lipinski definition) is 2. The first-order valence-corrected chi connectivity index (χ1v) is 6.68. The van der Waals surface area contributed by atoms with E-state index in [1.807, 2.05) is 0 Å². The van der Waals surface area contributed by atoms with Crippen molar-refractivity contribution in [3.63, 3.8) is 0 Å². The minimum Gasteiger partial charge on any atom is -0.389 e. The summed E-state index contributed by atoms with van der Waals surface area (Å²) in [6.07, 6.45) is 0.560. The van der Waals surface area contributed by atoms with E-state index < -0.39 is 6.10 Å². The molecule has 0 fully saturated rings. The van der Waals surface area contributed by atoms with Crippen LogP contribution in [0, 0.1) is 0 Å². The van der Waals surface area contributed by atoms with Gasteiger partial charge in [0.1, 0.15) is 0 Å². The Balaban J connectivity index is 1.91. The van der Waals surface area contributed by atoms with Gasteiger partial charge in [-0.15, -0.1) is 11.3 Å². The number of aliphatic hydroxyl groups excluding tert-OH is 1. The summed E-state index contributed by atoms with van der Waals surface area (Å²) < 4.78 is 10.1. The molecular weight excluding hydrogens is 238 g/mol. The van der Waals surface area contributed by atoms with Crippen molar-refractivity contribution in [3.05, 3.63) is 22.4 Å². The first-order valence-electron chi connectivity index (χ1n) is 5.80. The Morgan fingerprint density at radius 2 is 2.35 bits per heavy atom. The van der Waals surface area contributed by atoms with Crippen molar-refractivity contribution in [3.8, 4) is 0 Å². The number of nitrogens with one attached hydrogen (secondary N) is 1. The smallest absolute Gasteiger partial charge is 0.0897 e. The van der Waals surface area contributed by atoms with Gasteiger partial charge in [-0.05, 0) is 17.9 Å². The van der Waals surface area contributed by atoms with Crippen LogP contribution < -0.4 is 5.32 Å². The maximum atomic E-state index is 9.58. The summed E-state index contributed by atoms with van der Waals surface area (Å²) in [6.45, 7) is 2.91. The lowest BCUT2D eigenvalue weighted by Gasteiger charge is -2.11. The third-order valence-electron chi connectivity index (χ3n) is 2.25. The van der Waals surface area contributed by atoms with Gasteiger partial charge in [0.25, 0.3) is 0 Å². The first kappa shape index (κ1) is 14.6. The third-order valence-corrected chi connectivity index (χ3v) is 3.19. The van der Waals surface area contributed by atoms with Crippen LogP contribution in [-0.4, -0.2) is 51.2 Å². The van der Waals surface area contributed by atoms with Crippen LogP contribution in [0.5, 0.6) is 0 Å². The SMILES string of the molecule is COCCOCC(O)CNCCc1cccs1. The summed E-state index contributed by atoms with van der Waals surface area (Å²) in [6, 6.07) is 4.18. The van der Waals surface area contributed by atoms with E-state index in [4.69, 9.17) is 9.47 Å². The van der Waals surface area contributed by atoms with Crippen LogP contribution in [0.25, 0.3) is 0 Å². The number of ether oxygens (including phenoxy) is 2. The molecule has 0 aliphatic heterocycles. The van der Waals surface area contributed by atoms with Gasteiger partial charge in [-0.1, -0.05) is 6.07 Å². The van der Waals surface area contributed by atoms with Crippen molar-refractivity contribution in [1.82, 2.24) is 5.32 Å². The lowest BCUT2D eigenvalue weighted by atomic mass is 10.3. The largest absolute Gasteiger partial charge is 0.389 e. The molecule has 0 amide bonds. The molecule has 0 aromatic carbocycles. The average molecular weight is 259 g/mol. The number of rotatable bonds is 10. The molecule has 0 saturated heterocycles. The summed E-state index contributed by atoms with van der Waals surface area (Å²) in [4.78, 5) is 1.36. The van der Waals surface area contributed by atoms with Gasteiger partial charge in [-0.2, -0.15) is 0 Å². The van der Waals surface area contributed by atoms with E-state index in [1.54, 1.807) is 18.4 Å². The summed E-state index contributed by atoms with van der Waals surface area (Å²) >= 11 is 1.76. The highest BCUT2D eigenvalue weighted by Gasteiger charge is 2.03. The van der Waals surface area contributed by atoms with Crippen molar-refractivity contribution in [2.75, 3.05) is 40.0 Å². The van der Waals surface area contributed by atoms with Gasteiger partial charge in [0, 0.05) is 25.1 Å². The molecule has 0 bridgehead atoms. The second-order valence-corrected chi connectivity index (χ2v) is 4.79. The van der Waals surface area contributed by atoms with E-state index in [-0.39, 0.29) is 0 Å². The minimum absolute atomic E-state index is 0.357. The van der Waals surface area contributed by atoms with Gasteiger partial charge < -0.3 is 19.9 Å². The predicted octanol–water partition coefficient (Wildman–Crippen LogP) is 0.904. The number of thiophene rings is 1. The van der Waals surface area contributed by atoms with Crippen LogP contribution in [0.3, 0.4) is 0 Å². The number of methoxy groups -OCH3 is 1. The topological polar surface area (TPSA) is 50.7 Å². The third kappa shape index (κ3) is 7.46. The number of hydrogen-bond acceptors (Lipinski definition) is 5. The van der Waals surface area contributed by atoms with Crippen molar-refractivity contribution in [2.24, 2.45) is 0 Å². The Hall–Kier alpha value is -0.460. The van der Waals surface area contributed by atoms with E-state index in [0.717, 1.165) is 13.0 Å². The zero-order valence-corrected chi connectivity index (χ0v) is 11.0. The molecule has 1 atom stereocenters. The van der Waals surface area contributed by atoms with Gasteiger partial charge in [-0.3, -0.25) is 0 Å². The van der Waals surface area contributed by atoms with Crippen molar-refractivity contribution in [2.45, 2.75) is 12.5 Å². The lowest BCUT2D eigenvalue weighted by molar-refractivity contribution is 0.0139. The highest BCUT2D eigenvalue weighted by molar-refractivity contribution is 7.09. The van der Waals surface area contributed by atoms with Crippen LogP contribution in [0.1, 0.15) is 4.88 Å². The zero-order valence-electron chi connectivity index (χ0n) is 10.2. The maximum Gasteiger partial charge on any atom is 0.0897 e. The van der Waals surface area contributed by atoms with E-state index in [1.165, 1.54) is 4.88 Å². The van der Waals surface area contributed by atoms with Gasteiger partial charge in [0.2, 0.25) is 0 Å². The molecule has 0 radical (unpaired) electrons. The first-order chi connectivity index (χ1) is 8.33. The zero-order chi connectivity index (χ0) is 12.3.